The quantitative estimate of drug-likeness (QED) is 0.545. The Bertz CT molecular complexity index is 695. The number of hydrogen-bond donors (Lipinski definition) is 3. The van der Waals surface area contributed by atoms with Gasteiger partial charge in [-0.3, -0.25) is 14.4 Å². The second-order valence-electron chi connectivity index (χ2n) is 10.7. The van der Waals surface area contributed by atoms with Crippen LogP contribution in [0.3, 0.4) is 0 Å². The molecule has 1 aliphatic heterocycles. The van der Waals surface area contributed by atoms with E-state index in [1.54, 1.807) is 11.9 Å². The van der Waals surface area contributed by atoms with Gasteiger partial charge in [0.2, 0.25) is 17.7 Å². The molecule has 0 aromatic heterocycles. The van der Waals surface area contributed by atoms with Gasteiger partial charge in [-0.1, -0.05) is 39.8 Å². The standard InChI is InChI=1S/C23H39N3O4/c1-14-9-10-15-17(16(14)19(28)24-7)21(30)26(11-8-12-27)18(15)20(29)25-23(5,6)13-22(2,3)4/h9-10,14-18,27H,8,11-13H2,1-7H3,(H,24,28)(H,25,29)/t14-,15+,16-,17-,18+/m1/s1. The molecule has 3 N–H and O–H groups in total. The number of carbonyl (C=O) groups is 3. The number of likely N-dealkylation sites (tertiary alicyclic amines) is 1. The van der Waals surface area contributed by atoms with Crippen LogP contribution in [0.1, 0.15) is 54.4 Å². The number of nitrogens with one attached hydrogen (secondary N) is 2. The van der Waals surface area contributed by atoms with Crippen molar-refractivity contribution >= 4 is 17.7 Å². The van der Waals surface area contributed by atoms with Crippen molar-refractivity contribution in [3.05, 3.63) is 12.2 Å². The molecule has 30 heavy (non-hydrogen) atoms. The summed E-state index contributed by atoms with van der Waals surface area (Å²) in [5, 5.41) is 15.1. The Hall–Kier alpha value is -1.89. The number of amides is 3. The van der Waals surface area contributed by atoms with E-state index in [4.69, 9.17) is 0 Å². The van der Waals surface area contributed by atoms with Crippen molar-refractivity contribution in [3.63, 3.8) is 0 Å². The number of fused-ring (bicyclic) bond motifs is 1. The molecule has 2 aliphatic rings. The normalized spacial score (nSPS) is 29.0. The van der Waals surface area contributed by atoms with Gasteiger partial charge >= 0.3 is 0 Å². The van der Waals surface area contributed by atoms with Crippen LogP contribution in [0.4, 0.5) is 0 Å². The summed E-state index contributed by atoms with van der Waals surface area (Å²) in [6.07, 6.45) is 5.06. The lowest BCUT2D eigenvalue weighted by Crippen LogP contribution is -2.54. The smallest absolute Gasteiger partial charge is 0.243 e. The third-order valence-electron chi connectivity index (χ3n) is 6.08. The van der Waals surface area contributed by atoms with Crippen LogP contribution in [0.25, 0.3) is 0 Å². The highest BCUT2D eigenvalue weighted by Gasteiger charge is 2.56. The number of carbonyl (C=O) groups excluding carboxylic acids is 3. The molecule has 2 rings (SSSR count). The second kappa shape index (κ2) is 9.08. The molecule has 0 saturated carbocycles. The van der Waals surface area contributed by atoms with E-state index < -0.39 is 23.4 Å². The fourth-order valence-corrected chi connectivity index (χ4v) is 5.42. The van der Waals surface area contributed by atoms with E-state index in [0.29, 0.717) is 13.0 Å². The average Bonchev–Trinajstić information content (AvgIpc) is 2.89. The first-order chi connectivity index (χ1) is 13.8. The third-order valence-corrected chi connectivity index (χ3v) is 6.08. The molecule has 7 nitrogen and oxygen atoms in total. The van der Waals surface area contributed by atoms with Gasteiger partial charge < -0.3 is 20.6 Å². The Balaban J connectivity index is 2.37. The maximum absolute atomic E-state index is 13.4. The fourth-order valence-electron chi connectivity index (χ4n) is 5.42. The molecule has 1 heterocycles. The van der Waals surface area contributed by atoms with Gasteiger partial charge in [0.1, 0.15) is 6.04 Å². The fraction of sp³-hybridized carbons (Fsp3) is 0.783. The minimum atomic E-state index is -0.677. The van der Waals surface area contributed by atoms with E-state index in [1.807, 2.05) is 32.9 Å². The topological polar surface area (TPSA) is 98.7 Å². The number of rotatable bonds is 7. The highest BCUT2D eigenvalue weighted by molar-refractivity contribution is 5.96. The van der Waals surface area contributed by atoms with Gasteiger partial charge in [-0.25, -0.2) is 0 Å². The van der Waals surface area contributed by atoms with Crippen molar-refractivity contribution in [2.75, 3.05) is 20.2 Å². The predicted molar refractivity (Wildman–Crippen MR) is 116 cm³/mol. The van der Waals surface area contributed by atoms with Gasteiger partial charge in [-0.2, -0.15) is 0 Å². The van der Waals surface area contributed by atoms with Crippen LogP contribution >= 0.6 is 0 Å². The zero-order valence-corrected chi connectivity index (χ0v) is 19.5. The van der Waals surface area contributed by atoms with Gasteiger partial charge in [0, 0.05) is 31.7 Å². The Kier molecular flexibility index (Phi) is 7.38. The maximum Gasteiger partial charge on any atom is 0.243 e. The lowest BCUT2D eigenvalue weighted by atomic mass is 9.70. The Morgan fingerprint density at radius 1 is 1.13 bits per heavy atom. The van der Waals surface area contributed by atoms with E-state index >= 15 is 0 Å². The summed E-state index contributed by atoms with van der Waals surface area (Å²) >= 11 is 0. The molecule has 1 fully saturated rings. The predicted octanol–water partition coefficient (Wildman–Crippen LogP) is 1.71. The van der Waals surface area contributed by atoms with Crippen LogP contribution in [-0.2, 0) is 14.4 Å². The summed E-state index contributed by atoms with van der Waals surface area (Å²) < 4.78 is 0. The molecule has 0 unspecified atom stereocenters. The van der Waals surface area contributed by atoms with Crippen LogP contribution < -0.4 is 10.6 Å². The zero-order valence-electron chi connectivity index (χ0n) is 19.5. The highest BCUT2D eigenvalue weighted by atomic mass is 16.3. The number of aliphatic hydroxyl groups excluding tert-OH is 1. The lowest BCUT2D eigenvalue weighted by Gasteiger charge is -2.37. The molecular weight excluding hydrogens is 382 g/mol. The molecule has 1 saturated heterocycles. The van der Waals surface area contributed by atoms with E-state index in [2.05, 4.69) is 31.4 Å². The first-order valence-electron chi connectivity index (χ1n) is 11.0. The zero-order chi connectivity index (χ0) is 22.9. The van der Waals surface area contributed by atoms with E-state index in [1.165, 1.54) is 0 Å². The lowest BCUT2D eigenvalue weighted by molar-refractivity contribution is -0.141. The Morgan fingerprint density at radius 2 is 1.77 bits per heavy atom. The largest absolute Gasteiger partial charge is 0.396 e. The number of allylic oxidation sites excluding steroid dienone is 1. The molecule has 3 amide bonds. The van der Waals surface area contributed by atoms with Gasteiger partial charge in [0.25, 0.3) is 0 Å². The van der Waals surface area contributed by atoms with Crippen LogP contribution in [0, 0.1) is 29.1 Å². The SMILES string of the molecule is CNC(=O)[C@H]1[C@@H]2C(=O)N(CCCO)[C@H](C(=O)NC(C)(C)CC(C)(C)C)[C@H]2C=C[C@H]1C. The van der Waals surface area contributed by atoms with Crippen LogP contribution in [0.5, 0.6) is 0 Å². The van der Waals surface area contributed by atoms with E-state index in [9.17, 15) is 19.5 Å². The summed E-state index contributed by atoms with van der Waals surface area (Å²) in [6.45, 7) is 12.5. The summed E-state index contributed by atoms with van der Waals surface area (Å²) in [5.74, 6) is -2.06. The van der Waals surface area contributed by atoms with Crippen LogP contribution in [0.2, 0.25) is 0 Å². The Morgan fingerprint density at radius 3 is 2.30 bits per heavy atom. The summed E-state index contributed by atoms with van der Waals surface area (Å²) in [4.78, 5) is 41.0. The van der Waals surface area contributed by atoms with E-state index in [0.717, 1.165) is 6.42 Å². The van der Waals surface area contributed by atoms with Crippen molar-refractivity contribution in [2.45, 2.75) is 66.0 Å². The molecular formula is C23H39N3O4. The minimum Gasteiger partial charge on any atom is -0.396 e. The molecule has 0 aromatic carbocycles. The number of nitrogens with zero attached hydrogens (tertiary/aromatic N) is 1. The first kappa shape index (κ1) is 24.4. The summed E-state index contributed by atoms with van der Waals surface area (Å²) in [5.41, 5.74) is -0.406. The molecule has 0 aromatic rings. The number of hydrogen-bond acceptors (Lipinski definition) is 4. The van der Waals surface area contributed by atoms with Gasteiger partial charge in [0.05, 0.1) is 11.8 Å². The molecule has 0 spiro atoms. The van der Waals surface area contributed by atoms with Gasteiger partial charge in [-0.05, 0) is 38.0 Å². The van der Waals surface area contributed by atoms with Crippen molar-refractivity contribution in [2.24, 2.45) is 29.1 Å². The van der Waals surface area contributed by atoms with Crippen molar-refractivity contribution in [1.82, 2.24) is 15.5 Å². The second-order valence-corrected chi connectivity index (χ2v) is 10.7. The van der Waals surface area contributed by atoms with Gasteiger partial charge in [-0.15, -0.1) is 0 Å². The van der Waals surface area contributed by atoms with Crippen molar-refractivity contribution in [3.8, 4) is 0 Å². The first-order valence-corrected chi connectivity index (χ1v) is 11.0. The monoisotopic (exact) mass is 421 g/mol. The molecule has 5 atom stereocenters. The molecule has 1 aliphatic carbocycles. The highest BCUT2D eigenvalue weighted by Crippen LogP contribution is 2.44. The summed E-state index contributed by atoms with van der Waals surface area (Å²) in [7, 11) is 1.57. The number of aliphatic hydroxyl groups is 1. The van der Waals surface area contributed by atoms with Crippen LogP contribution in [-0.4, -0.2) is 59.5 Å². The minimum absolute atomic E-state index is 0.0336. The molecule has 7 heteroatoms. The molecule has 170 valence electrons. The van der Waals surface area contributed by atoms with Crippen LogP contribution in [0.15, 0.2) is 12.2 Å². The Labute approximate surface area is 180 Å². The van der Waals surface area contributed by atoms with Gasteiger partial charge in [0.15, 0.2) is 0 Å². The molecule has 0 bridgehead atoms. The van der Waals surface area contributed by atoms with E-state index in [-0.39, 0.29) is 41.6 Å². The van der Waals surface area contributed by atoms with Crippen molar-refractivity contribution < 1.29 is 19.5 Å². The third kappa shape index (κ3) is 5.23. The maximum atomic E-state index is 13.4. The summed E-state index contributed by atoms with van der Waals surface area (Å²) in [6, 6.07) is -0.677. The average molecular weight is 422 g/mol. The molecule has 0 radical (unpaired) electrons. The van der Waals surface area contributed by atoms with Crippen molar-refractivity contribution in [1.29, 1.82) is 0 Å².